The molecule has 1 fully saturated rings. The van der Waals surface area contributed by atoms with Gasteiger partial charge in [-0.3, -0.25) is 4.79 Å². The van der Waals surface area contributed by atoms with E-state index in [0.29, 0.717) is 39.1 Å². The van der Waals surface area contributed by atoms with Gasteiger partial charge >= 0.3 is 6.03 Å². The Hall–Kier alpha value is -3.37. The van der Waals surface area contributed by atoms with Crippen molar-refractivity contribution in [1.82, 2.24) is 15.5 Å². The highest BCUT2D eigenvalue weighted by Gasteiger charge is 2.27. The molecule has 0 aromatic heterocycles. The number of rotatable bonds is 8. The zero-order valence-corrected chi connectivity index (χ0v) is 19.3. The Balaban J connectivity index is 1.60. The van der Waals surface area contributed by atoms with Gasteiger partial charge < -0.3 is 20.3 Å². The van der Waals surface area contributed by atoms with Gasteiger partial charge in [0, 0.05) is 19.5 Å². The maximum atomic E-state index is 13.0. The first-order valence-electron chi connectivity index (χ1n) is 11.4. The molecule has 1 saturated heterocycles. The lowest BCUT2D eigenvalue weighted by Crippen LogP contribution is -2.55. The number of hydrogen-bond acceptors (Lipinski definition) is 4. The Kier molecular flexibility index (Phi) is 8.85. The van der Waals surface area contributed by atoms with E-state index >= 15 is 0 Å². The molecule has 0 spiro atoms. The van der Waals surface area contributed by atoms with E-state index in [1.807, 2.05) is 68.4 Å². The van der Waals surface area contributed by atoms with Crippen molar-refractivity contribution in [3.63, 3.8) is 0 Å². The molecule has 0 radical (unpaired) electrons. The van der Waals surface area contributed by atoms with E-state index in [0.717, 1.165) is 16.7 Å². The SMILES string of the molecule is CC(C)C[C@H](NC(=O)N1CCOCC1)C(=O)N[C@H](C#N)Cc1ccc(-c2ccccc2)cc1. The third-order valence-electron chi connectivity index (χ3n) is 5.59. The van der Waals surface area contributed by atoms with Crippen LogP contribution >= 0.6 is 0 Å². The van der Waals surface area contributed by atoms with Crippen molar-refractivity contribution in [2.45, 2.75) is 38.8 Å². The lowest BCUT2D eigenvalue weighted by molar-refractivity contribution is -0.123. The fourth-order valence-electron chi connectivity index (χ4n) is 3.81. The highest BCUT2D eigenvalue weighted by atomic mass is 16.5. The molecule has 33 heavy (non-hydrogen) atoms. The van der Waals surface area contributed by atoms with Crippen LogP contribution in [0, 0.1) is 17.2 Å². The number of morpholine rings is 1. The van der Waals surface area contributed by atoms with Gasteiger partial charge in [0.1, 0.15) is 12.1 Å². The van der Waals surface area contributed by atoms with Gasteiger partial charge in [-0.1, -0.05) is 68.4 Å². The second-order valence-electron chi connectivity index (χ2n) is 8.69. The van der Waals surface area contributed by atoms with Crippen LogP contribution in [-0.2, 0) is 16.0 Å². The molecule has 7 heteroatoms. The zero-order valence-electron chi connectivity index (χ0n) is 19.3. The van der Waals surface area contributed by atoms with E-state index in [9.17, 15) is 14.9 Å². The summed E-state index contributed by atoms with van der Waals surface area (Å²) in [5.41, 5.74) is 3.18. The molecule has 2 aromatic rings. The second-order valence-corrected chi connectivity index (χ2v) is 8.69. The van der Waals surface area contributed by atoms with Crippen LogP contribution in [0.3, 0.4) is 0 Å². The van der Waals surface area contributed by atoms with Crippen molar-refractivity contribution < 1.29 is 14.3 Å². The summed E-state index contributed by atoms with van der Waals surface area (Å²) in [7, 11) is 0. The van der Waals surface area contributed by atoms with E-state index in [2.05, 4.69) is 16.7 Å². The zero-order chi connectivity index (χ0) is 23.6. The van der Waals surface area contributed by atoms with Gasteiger partial charge in [0.25, 0.3) is 0 Å². The standard InChI is InChI=1S/C26H32N4O3/c1-19(2)16-24(29-26(32)30-12-14-33-15-13-30)25(31)28-23(18-27)17-20-8-10-22(11-9-20)21-6-4-3-5-7-21/h3-11,19,23-24H,12-17H2,1-2H3,(H,28,31)(H,29,32)/t23-,24-/m0/s1. The molecule has 1 heterocycles. The number of nitrogens with zero attached hydrogens (tertiary/aromatic N) is 2. The van der Waals surface area contributed by atoms with Crippen LogP contribution in [0.2, 0.25) is 0 Å². The van der Waals surface area contributed by atoms with Crippen molar-refractivity contribution in [1.29, 1.82) is 5.26 Å². The van der Waals surface area contributed by atoms with Gasteiger partial charge in [0.2, 0.25) is 5.91 Å². The third kappa shape index (κ3) is 7.33. The summed E-state index contributed by atoms with van der Waals surface area (Å²) < 4.78 is 5.29. The van der Waals surface area contributed by atoms with Gasteiger partial charge in [-0.15, -0.1) is 0 Å². The molecule has 2 N–H and O–H groups in total. The first-order valence-corrected chi connectivity index (χ1v) is 11.4. The molecule has 1 aliphatic heterocycles. The van der Waals surface area contributed by atoms with Crippen LogP contribution in [0.25, 0.3) is 11.1 Å². The second kappa shape index (κ2) is 12.0. The highest BCUT2D eigenvalue weighted by Crippen LogP contribution is 2.19. The summed E-state index contributed by atoms with van der Waals surface area (Å²) in [5.74, 6) is -0.130. The molecule has 0 unspecified atom stereocenters. The molecule has 1 aliphatic rings. The number of nitrogens with one attached hydrogen (secondary N) is 2. The summed E-state index contributed by atoms with van der Waals surface area (Å²) >= 11 is 0. The number of ether oxygens (including phenoxy) is 1. The Bertz CT molecular complexity index is 948. The van der Waals surface area contributed by atoms with Crippen LogP contribution < -0.4 is 10.6 Å². The molecule has 7 nitrogen and oxygen atoms in total. The van der Waals surface area contributed by atoms with Crippen LogP contribution in [0.5, 0.6) is 0 Å². The first-order chi connectivity index (χ1) is 16.0. The van der Waals surface area contributed by atoms with E-state index in [4.69, 9.17) is 4.74 Å². The van der Waals surface area contributed by atoms with Crippen LogP contribution in [-0.4, -0.2) is 55.2 Å². The summed E-state index contributed by atoms with van der Waals surface area (Å²) in [6.07, 6.45) is 0.884. The number of nitriles is 1. The van der Waals surface area contributed by atoms with Gasteiger partial charge in [0.05, 0.1) is 19.3 Å². The smallest absolute Gasteiger partial charge is 0.318 e. The molecule has 174 valence electrons. The minimum Gasteiger partial charge on any atom is -0.378 e. The number of urea groups is 1. The van der Waals surface area contributed by atoms with Crippen molar-refractivity contribution in [3.05, 3.63) is 60.2 Å². The van der Waals surface area contributed by atoms with Crippen LogP contribution in [0.1, 0.15) is 25.8 Å². The number of amides is 3. The summed E-state index contributed by atoms with van der Waals surface area (Å²) in [4.78, 5) is 27.2. The van der Waals surface area contributed by atoms with Crippen molar-refractivity contribution in [2.24, 2.45) is 5.92 Å². The summed E-state index contributed by atoms with van der Waals surface area (Å²) in [6.45, 7) is 5.99. The molecule has 0 aliphatic carbocycles. The first kappa shape index (κ1) is 24.3. The lowest BCUT2D eigenvalue weighted by Gasteiger charge is -2.29. The van der Waals surface area contributed by atoms with Crippen LogP contribution in [0.4, 0.5) is 4.79 Å². The lowest BCUT2D eigenvalue weighted by atomic mass is 10.00. The Morgan fingerprint density at radius 3 is 2.24 bits per heavy atom. The highest BCUT2D eigenvalue weighted by molar-refractivity contribution is 5.87. The molecule has 3 rings (SSSR count). The van der Waals surface area contributed by atoms with E-state index in [1.54, 1.807) is 4.90 Å². The fraction of sp³-hybridized carbons (Fsp3) is 0.423. The quantitative estimate of drug-likeness (QED) is 0.647. The van der Waals surface area contributed by atoms with Crippen molar-refractivity contribution in [2.75, 3.05) is 26.3 Å². The molecular formula is C26H32N4O3. The minimum atomic E-state index is -0.698. The van der Waals surface area contributed by atoms with E-state index in [-0.39, 0.29) is 17.9 Å². The van der Waals surface area contributed by atoms with Crippen molar-refractivity contribution in [3.8, 4) is 17.2 Å². The predicted molar refractivity (Wildman–Crippen MR) is 127 cm³/mol. The Labute approximate surface area is 195 Å². The maximum absolute atomic E-state index is 13.0. The van der Waals surface area contributed by atoms with E-state index in [1.165, 1.54) is 0 Å². The van der Waals surface area contributed by atoms with Gasteiger partial charge in [-0.05, 0) is 29.0 Å². The number of carbonyl (C=O) groups excluding carboxylic acids is 2. The van der Waals surface area contributed by atoms with Crippen LogP contribution in [0.15, 0.2) is 54.6 Å². The largest absolute Gasteiger partial charge is 0.378 e. The molecule has 0 saturated carbocycles. The third-order valence-corrected chi connectivity index (χ3v) is 5.59. The van der Waals surface area contributed by atoms with Crippen molar-refractivity contribution >= 4 is 11.9 Å². The normalized spacial score (nSPS) is 15.4. The molecule has 3 amide bonds. The molecule has 2 aromatic carbocycles. The van der Waals surface area contributed by atoms with Gasteiger partial charge in [-0.25, -0.2) is 4.79 Å². The fourth-order valence-corrected chi connectivity index (χ4v) is 3.81. The average molecular weight is 449 g/mol. The van der Waals surface area contributed by atoms with Gasteiger partial charge in [-0.2, -0.15) is 5.26 Å². The summed E-state index contributed by atoms with van der Waals surface area (Å²) in [6, 6.07) is 18.6. The predicted octanol–water partition coefficient (Wildman–Crippen LogP) is 3.36. The summed E-state index contributed by atoms with van der Waals surface area (Å²) in [5, 5.41) is 15.3. The number of hydrogen-bond donors (Lipinski definition) is 2. The monoisotopic (exact) mass is 448 g/mol. The molecular weight excluding hydrogens is 416 g/mol. The Morgan fingerprint density at radius 2 is 1.64 bits per heavy atom. The Morgan fingerprint density at radius 1 is 1.00 bits per heavy atom. The topological polar surface area (TPSA) is 94.5 Å². The van der Waals surface area contributed by atoms with Gasteiger partial charge in [0.15, 0.2) is 0 Å². The van der Waals surface area contributed by atoms with E-state index < -0.39 is 12.1 Å². The molecule has 0 bridgehead atoms. The maximum Gasteiger partial charge on any atom is 0.318 e. The molecule has 2 atom stereocenters. The number of benzene rings is 2. The average Bonchev–Trinajstić information content (AvgIpc) is 2.84. The number of carbonyl (C=O) groups is 2. The minimum absolute atomic E-state index is 0.205.